The van der Waals surface area contributed by atoms with Gasteiger partial charge in [0.15, 0.2) is 0 Å². The van der Waals surface area contributed by atoms with E-state index in [1.165, 1.54) is 5.56 Å². The summed E-state index contributed by atoms with van der Waals surface area (Å²) in [6.07, 6.45) is 2.73. The van der Waals surface area contributed by atoms with E-state index in [2.05, 4.69) is 19.9 Å². The van der Waals surface area contributed by atoms with Gasteiger partial charge in [-0.25, -0.2) is 0 Å². The van der Waals surface area contributed by atoms with Crippen molar-refractivity contribution in [2.45, 2.75) is 60.0 Å². The number of hydrogen-bond donors (Lipinski definition) is 0. The Hall–Kier alpha value is -1.90. The number of carbonyl (C=O) groups is 2. The summed E-state index contributed by atoms with van der Waals surface area (Å²) in [5.41, 5.74) is 4.08. The van der Waals surface area contributed by atoms with Crippen LogP contribution in [0.4, 0.5) is 0 Å². The van der Waals surface area contributed by atoms with Crippen LogP contribution >= 0.6 is 0 Å². The van der Waals surface area contributed by atoms with Crippen LogP contribution in [-0.2, 0) is 22.4 Å². The Morgan fingerprint density at radius 3 is 2.50 bits per heavy atom. The molecule has 0 saturated carbocycles. The first-order valence-corrected chi connectivity index (χ1v) is 8.79. The van der Waals surface area contributed by atoms with Gasteiger partial charge in [0.2, 0.25) is 11.6 Å². The van der Waals surface area contributed by atoms with Crippen LogP contribution in [-0.4, -0.2) is 17.7 Å². The Labute approximate surface area is 143 Å². The molecule has 0 fully saturated rings. The molecule has 0 N–H and O–H groups in total. The molecule has 0 amide bonds. The lowest BCUT2D eigenvalue weighted by atomic mass is 9.69. The molecule has 0 saturated heterocycles. The van der Waals surface area contributed by atoms with Crippen LogP contribution in [0.5, 0.6) is 0 Å². The quantitative estimate of drug-likeness (QED) is 0.674. The first-order valence-electron chi connectivity index (χ1n) is 8.79. The van der Waals surface area contributed by atoms with Gasteiger partial charge in [0.1, 0.15) is 11.9 Å². The lowest BCUT2D eigenvalue weighted by Gasteiger charge is -2.33. The van der Waals surface area contributed by atoms with Crippen molar-refractivity contribution in [2.75, 3.05) is 0 Å². The minimum absolute atomic E-state index is 0.111. The molecule has 0 radical (unpaired) electrons. The molecule has 0 aromatic heterocycles. The Morgan fingerprint density at radius 1 is 1.08 bits per heavy atom. The summed E-state index contributed by atoms with van der Waals surface area (Å²) < 4.78 is 6.06. The van der Waals surface area contributed by atoms with Crippen molar-refractivity contribution in [2.24, 2.45) is 10.8 Å². The van der Waals surface area contributed by atoms with Crippen molar-refractivity contribution in [3.8, 4) is 0 Å². The highest BCUT2D eigenvalue weighted by Crippen LogP contribution is 2.50. The van der Waals surface area contributed by atoms with Crippen LogP contribution in [0.2, 0.25) is 0 Å². The van der Waals surface area contributed by atoms with Gasteiger partial charge in [-0.2, -0.15) is 0 Å². The lowest BCUT2D eigenvalue weighted by Crippen LogP contribution is -2.34. The van der Waals surface area contributed by atoms with Crippen molar-refractivity contribution in [3.05, 3.63) is 40.0 Å². The number of benzene rings is 1. The van der Waals surface area contributed by atoms with Gasteiger partial charge in [-0.15, -0.1) is 0 Å². The Kier molecular flexibility index (Phi) is 2.99. The van der Waals surface area contributed by atoms with Gasteiger partial charge in [0.05, 0.1) is 5.57 Å². The fraction of sp³-hybridized carbons (Fsp3) is 0.524. The Balaban J connectivity index is 1.96. The van der Waals surface area contributed by atoms with Crippen LogP contribution in [0.1, 0.15) is 68.1 Å². The molecule has 1 aromatic carbocycles. The first-order chi connectivity index (χ1) is 11.1. The van der Waals surface area contributed by atoms with Crippen LogP contribution in [0.15, 0.2) is 17.7 Å². The molecule has 126 valence electrons. The smallest absolute Gasteiger partial charge is 0.234 e. The Bertz CT molecular complexity index is 824. The number of fused-ring (bicyclic) bond motifs is 4. The van der Waals surface area contributed by atoms with E-state index in [1.54, 1.807) is 0 Å². The second-order valence-electron chi connectivity index (χ2n) is 8.81. The number of ether oxygens (including phenoxy) is 1. The molecule has 4 rings (SSSR count). The van der Waals surface area contributed by atoms with E-state index >= 15 is 0 Å². The molecule has 3 nitrogen and oxygen atoms in total. The van der Waals surface area contributed by atoms with Crippen molar-refractivity contribution >= 4 is 17.3 Å². The van der Waals surface area contributed by atoms with Crippen molar-refractivity contribution in [3.63, 3.8) is 0 Å². The third kappa shape index (κ3) is 1.90. The highest BCUT2D eigenvalue weighted by molar-refractivity contribution is 6.53. The summed E-state index contributed by atoms with van der Waals surface area (Å²) in [5.74, 6) is -0.0732. The molecule has 1 atom stereocenters. The molecule has 24 heavy (non-hydrogen) atoms. The van der Waals surface area contributed by atoms with E-state index in [-0.39, 0.29) is 23.1 Å². The molecule has 3 aliphatic rings. The number of carbonyl (C=O) groups excluding carboxylic acids is 2. The van der Waals surface area contributed by atoms with Gasteiger partial charge in [-0.1, -0.05) is 39.8 Å². The molecule has 3 heteroatoms. The van der Waals surface area contributed by atoms with Gasteiger partial charge in [0, 0.05) is 16.5 Å². The van der Waals surface area contributed by atoms with E-state index in [9.17, 15) is 9.59 Å². The normalized spacial score (nSPS) is 26.6. The van der Waals surface area contributed by atoms with Gasteiger partial charge in [0.25, 0.3) is 0 Å². The van der Waals surface area contributed by atoms with E-state index in [4.69, 9.17) is 4.74 Å². The van der Waals surface area contributed by atoms with Gasteiger partial charge in [-0.3, -0.25) is 9.59 Å². The van der Waals surface area contributed by atoms with Crippen LogP contribution in [0.3, 0.4) is 0 Å². The zero-order valence-electron chi connectivity index (χ0n) is 15.1. The maximum Gasteiger partial charge on any atom is 0.234 e. The average Bonchev–Trinajstić information content (AvgIpc) is 2.73. The molecule has 1 aromatic rings. The molecule has 0 spiro atoms. The van der Waals surface area contributed by atoms with Crippen molar-refractivity contribution < 1.29 is 14.3 Å². The number of rotatable bonds is 0. The third-order valence-corrected chi connectivity index (χ3v) is 6.22. The predicted molar refractivity (Wildman–Crippen MR) is 92.8 cm³/mol. The third-order valence-electron chi connectivity index (χ3n) is 6.22. The van der Waals surface area contributed by atoms with Gasteiger partial charge >= 0.3 is 0 Å². The SMILES string of the molecule is CC1OC2=C(C(=O)C(=O)c3c2ccc2c3CCC(C)(C)C2)C1(C)C. The highest BCUT2D eigenvalue weighted by Gasteiger charge is 2.50. The minimum atomic E-state index is -0.433. The zero-order valence-corrected chi connectivity index (χ0v) is 15.1. The van der Waals surface area contributed by atoms with Crippen molar-refractivity contribution in [1.29, 1.82) is 0 Å². The Morgan fingerprint density at radius 2 is 1.79 bits per heavy atom. The molecule has 0 bridgehead atoms. The second kappa shape index (κ2) is 4.59. The molecular weight excluding hydrogens is 300 g/mol. The molecular formula is C21H24O3. The van der Waals surface area contributed by atoms with E-state index in [0.29, 0.717) is 16.9 Å². The first kappa shape index (κ1) is 15.6. The number of hydrogen-bond acceptors (Lipinski definition) is 3. The van der Waals surface area contributed by atoms with E-state index in [0.717, 1.165) is 30.4 Å². The van der Waals surface area contributed by atoms with E-state index < -0.39 is 5.41 Å². The molecule has 2 aliphatic carbocycles. The summed E-state index contributed by atoms with van der Waals surface area (Å²) in [6, 6.07) is 4.12. The second-order valence-corrected chi connectivity index (χ2v) is 8.81. The number of Topliss-reactive ketones (excluding diaryl/α,β-unsaturated/α-hetero) is 2. The summed E-state index contributed by atoms with van der Waals surface area (Å²) >= 11 is 0. The minimum Gasteiger partial charge on any atom is -0.489 e. The standard InChI is InChI=1S/C21H24O3/c1-11-21(4,5)16-18(23)17(22)15-13-8-9-20(2,3)10-12(13)6-7-14(15)19(16)24-11/h6-7,11H,8-10H2,1-5H3. The zero-order chi connectivity index (χ0) is 17.4. The summed E-state index contributed by atoms with van der Waals surface area (Å²) in [7, 11) is 0. The fourth-order valence-corrected chi connectivity index (χ4v) is 4.36. The van der Waals surface area contributed by atoms with E-state index in [1.807, 2.05) is 26.8 Å². The predicted octanol–water partition coefficient (Wildman–Crippen LogP) is 4.12. The topological polar surface area (TPSA) is 43.4 Å². The molecule has 1 heterocycles. The maximum atomic E-state index is 12.9. The highest BCUT2D eigenvalue weighted by atomic mass is 16.5. The van der Waals surface area contributed by atoms with Crippen molar-refractivity contribution in [1.82, 2.24) is 0 Å². The van der Waals surface area contributed by atoms with Crippen LogP contribution in [0.25, 0.3) is 5.76 Å². The summed E-state index contributed by atoms with van der Waals surface area (Å²) in [6.45, 7) is 10.4. The van der Waals surface area contributed by atoms with Crippen LogP contribution in [0, 0.1) is 10.8 Å². The van der Waals surface area contributed by atoms with Gasteiger partial charge in [-0.05, 0) is 42.7 Å². The van der Waals surface area contributed by atoms with Gasteiger partial charge < -0.3 is 4.74 Å². The monoisotopic (exact) mass is 324 g/mol. The summed E-state index contributed by atoms with van der Waals surface area (Å²) in [5, 5.41) is 0. The lowest BCUT2D eigenvalue weighted by molar-refractivity contribution is -0.112. The van der Waals surface area contributed by atoms with Crippen LogP contribution < -0.4 is 0 Å². The number of ketones is 2. The maximum absolute atomic E-state index is 12.9. The average molecular weight is 324 g/mol. The fourth-order valence-electron chi connectivity index (χ4n) is 4.36. The largest absolute Gasteiger partial charge is 0.489 e. The molecule has 1 aliphatic heterocycles. The summed E-state index contributed by atoms with van der Waals surface area (Å²) in [4.78, 5) is 25.8. The molecule has 1 unspecified atom stereocenters.